The number of nitrogens with zero attached hydrogens (tertiary/aromatic N) is 2. The molecule has 2 aromatic heterocycles. The fourth-order valence-electron chi connectivity index (χ4n) is 2.50. The third-order valence-corrected chi connectivity index (χ3v) is 8.26. The lowest BCUT2D eigenvalue weighted by molar-refractivity contribution is 0.447. The summed E-state index contributed by atoms with van der Waals surface area (Å²) in [4.78, 5) is 12.1. The summed E-state index contributed by atoms with van der Waals surface area (Å²) < 4.78 is 0. The third-order valence-electron chi connectivity index (χ3n) is 5.51. The molecule has 0 amide bonds. The topological polar surface area (TPSA) is 25.8 Å². The molecule has 22 heavy (non-hydrogen) atoms. The Morgan fingerprint density at radius 1 is 0.727 bits per heavy atom. The zero-order valence-corrected chi connectivity index (χ0v) is 16.3. The zero-order chi connectivity index (χ0) is 16.4. The molecule has 4 heteroatoms. The van der Waals surface area contributed by atoms with E-state index in [1.165, 1.54) is 9.75 Å². The van der Waals surface area contributed by atoms with Crippen LogP contribution in [0.5, 0.6) is 0 Å². The summed E-state index contributed by atoms with van der Waals surface area (Å²) in [6.45, 7) is 13.7. The van der Waals surface area contributed by atoms with E-state index in [1.807, 2.05) is 22.7 Å². The van der Waals surface area contributed by atoms with Crippen molar-refractivity contribution in [3.63, 3.8) is 0 Å². The standard InChI is InChI=1S/C18H28N2S2/c1-7-17(5,8-2)13-11-19-15(21-13)16-20-12-14(22-16)18(6,9-3)10-4/h11-12H,7-10H2,1-6H3. The highest BCUT2D eigenvalue weighted by molar-refractivity contribution is 7.21. The molecule has 0 bridgehead atoms. The number of thiazole rings is 2. The average Bonchev–Trinajstić information content (AvgIpc) is 3.22. The highest BCUT2D eigenvalue weighted by atomic mass is 32.1. The first-order chi connectivity index (χ1) is 10.4. The van der Waals surface area contributed by atoms with Crippen LogP contribution < -0.4 is 0 Å². The van der Waals surface area contributed by atoms with Crippen LogP contribution in [0.4, 0.5) is 0 Å². The Morgan fingerprint density at radius 3 is 1.32 bits per heavy atom. The van der Waals surface area contributed by atoms with Gasteiger partial charge in [0.2, 0.25) is 0 Å². The first kappa shape index (κ1) is 17.6. The first-order valence-corrected chi connectivity index (χ1v) is 9.98. The van der Waals surface area contributed by atoms with Gasteiger partial charge in [-0.1, -0.05) is 41.5 Å². The summed E-state index contributed by atoms with van der Waals surface area (Å²) in [5.74, 6) is 0. The maximum atomic E-state index is 4.66. The molecule has 0 N–H and O–H groups in total. The quantitative estimate of drug-likeness (QED) is 0.583. The molecule has 0 aliphatic heterocycles. The first-order valence-electron chi connectivity index (χ1n) is 8.35. The van der Waals surface area contributed by atoms with Gasteiger partial charge in [0.05, 0.1) is 0 Å². The fraction of sp³-hybridized carbons (Fsp3) is 0.667. The van der Waals surface area contributed by atoms with E-state index in [0.717, 1.165) is 35.7 Å². The molecule has 2 aromatic rings. The van der Waals surface area contributed by atoms with Crippen LogP contribution in [0.2, 0.25) is 0 Å². The van der Waals surface area contributed by atoms with Crippen molar-refractivity contribution < 1.29 is 0 Å². The van der Waals surface area contributed by atoms with Crippen LogP contribution in [0.3, 0.4) is 0 Å². The monoisotopic (exact) mass is 336 g/mol. The van der Waals surface area contributed by atoms with Gasteiger partial charge in [-0.25, -0.2) is 9.97 Å². The minimum Gasteiger partial charge on any atom is -0.242 e. The van der Waals surface area contributed by atoms with Crippen molar-refractivity contribution in [1.29, 1.82) is 0 Å². The lowest BCUT2D eigenvalue weighted by Gasteiger charge is -2.24. The van der Waals surface area contributed by atoms with Crippen molar-refractivity contribution in [2.24, 2.45) is 0 Å². The summed E-state index contributed by atoms with van der Waals surface area (Å²) in [6.07, 6.45) is 8.73. The molecule has 0 aromatic carbocycles. The molecule has 0 spiro atoms. The second-order valence-corrected chi connectivity index (χ2v) is 8.66. The van der Waals surface area contributed by atoms with Gasteiger partial charge in [0.1, 0.15) is 0 Å². The van der Waals surface area contributed by atoms with Crippen LogP contribution in [0.1, 0.15) is 77.0 Å². The minimum absolute atomic E-state index is 0.247. The van der Waals surface area contributed by atoms with E-state index in [4.69, 9.17) is 0 Å². The molecule has 0 atom stereocenters. The lowest BCUT2D eigenvalue weighted by atomic mass is 9.84. The Kier molecular flexibility index (Phi) is 5.44. The number of aromatic nitrogens is 2. The molecule has 2 rings (SSSR count). The molecule has 0 aliphatic rings. The molecule has 0 fully saturated rings. The van der Waals surface area contributed by atoms with Crippen molar-refractivity contribution in [1.82, 2.24) is 9.97 Å². The molecule has 0 saturated carbocycles. The van der Waals surface area contributed by atoms with E-state index in [0.29, 0.717) is 0 Å². The van der Waals surface area contributed by atoms with Crippen molar-refractivity contribution in [2.75, 3.05) is 0 Å². The maximum absolute atomic E-state index is 4.66. The summed E-state index contributed by atoms with van der Waals surface area (Å²) in [6, 6.07) is 0. The van der Waals surface area contributed by atoms with Gasteiger partial charge < -0.3 is 0 Å². The molecule has 0 radical (unpaired) electrons. The summed E-state index contributed by atoms with van der Waals surface area (Å²) in [7, 11) is 0. The highest BCUT2D eigenvalue weighted by Crippen LogP contribution is 2.41. The van der Waals surface area contributed by atoms with Gasteiger partial charge in [-0.3, -0.25) is 0 Å². The van der Waals surface area contributed by atoms with E-state index in [-0.39, 0.29) is 10.8 Å². The predicted molar refractivity (Wildman–Crippen MR) is 99.1 cm³/mol. The molecule has 0 unspecified atom stereocenters. The van der Waals surface area contributed by atoms with Crippen LogP contribution in [-0.2, 0) is 10.8 Å². The van der Waals surface area contributed by atoms with E-state index in [1.54, 1.807) is 0 Å². The van der Waals surface area contributed by atoms with Gasteiger partial charge >= 0.3 is 0 Å². The maximum Gasteiger partial charge on any atom is 0.152 e. The molecule has 0 aliphatic carbocycles. The van der Waals surface area contributed by atoms with Gasteiger partial charge in [-0.15, -0.1) is 22.7 Å². The number of rotatable bonds is 7. The van der Waals surface area contributed by atoms with Gasteiger partial charge in [0.25, 0.3) is 0 Å². The Bertz CT molecular complexity index is 550. The Morgan fingerprint density at radius 2 is 1.05 bits per heavy atom. The number of hydrogen-bond donors (Lipinski definition) is 0. The third kappa shape index (κ3) is 3.13. The van der Waals surface area contributed by atoms with Crippen molar-refractivity contribution in [3.05, 3.63) is 22.1 Å². The van der Waals surface area contributed by atoms with Gasteiger partial charge in [-0.05, 0) is 25.7 Å². The summed E-state index contributed by atoms with van der Waals surface area (Å²) in [5.41, 5.74) is 0.495. The number of hydrogen-bond acceptors (Lipinski definition) is 4. The molecule has 122 valence electrons. The highest BCUT2D eigenvalue weighted by Gasteiger charge is 2.28. The fourth-order valence-corrected chi connectivity index (χ4v) is 4.94. The van der Waals surface area contributed by atoms with Gasteiger partial charge in [0, 0.05) is 33.0 Å². The van der Waals surface area contributed by atoms with E-state index >= 15 is 0 Å². The molecular weight excluding hydrogens is 308 g/mol. The van der Waals surface area contributed by atoms with Crippen LogP contribution >= 0.6 is 22.7 Å². The SMILES string of the molecule is CCC(C)(CC)c1cnc(-c2ncc(C(C)(CC)CC)s2)s1. The normalized spacial score (nSPS) is 12.8. The van der Waals surface area contributed by atoms with Gasteiger partial charge in [0.15, 0.2) is 10.0 Å². The molecular formula is C18H28N2S2. The van der Waals surface area contributed by atoms with Crippen molar-refractivity contribution in [2.45, 2.75) is 78.1 Å². The van der Waals surface area contributed by atoms with Gasteiger partial charge in [-0.2, -0.15) is 0 Å². The largest absolute Gasteiger partial charge is 0.242 e. The summed E-state index contributed by atoms with van der Waals surface area (Å²) in [5, 5.41) is 2.16. The molecule has 2 nitrogen and oxygen atoms in total. The van der Waals surface area contributed by atoms with Crippen LogP contribution in [0.25, 0.3) is 10.0 Å². The second kappa shape index (κ2) is 6.79. The van der Waals surface area contributed by atoms with E-state index in [9.17, 15) is 0 Å². The Hall–Kier alpha value is -0.740. The van der Waals surface area contributed by atoms with E-state index < -0.39 is 0 Å². The minimum atomic E-state index is 0.247. The van der Waals surface area contributed by atoms with Crippen LogP contribution in [0.15, 0.2) is 12.4 Å². The predicted octanol–water partition coefficient (Wildman–Crippen LogP) is 6.42. The molecule has 0 saturated heterocycles. The second-order valence-electron chi connectivity index (χ2n) is 6.59. The van der Waals surface area contributed by atoms with Crippen molar-refractivity contribution >= 4 is 22.7 Å². The van der Waals surface area contributed by atoms with Crippen molar-refractivity contribution in [3.8, 4) is 10.0 Å². The Labute approximate surface area is 143 Å². The van der Waals surface area contributed by atoms with Crippen LogP contribution in [0, 0.1) is 0 Å². The average molecular weight is 337 g/mol. The smallest absolute Gasteiger partial charge is 0.152 e. The summed E-state index contributed by atoms with van der Waals surface area (Å²) >= 11 is 3.64. The van der Waals surface area contributed by atoms with Crippen LogP contribution in [-0.4, -0.2) is 9.97 Å². The lowest BCUT2D eigenvalue weighted by Crippen LogP contribution is -2.17. The Balaban J connectivity index is 2.31. The van der Waals surface area contributed by atoms with E-state index in [2.05, 4.69) is 63.9 Å². The zero-order valence-electron chi connectivity index (χ0n) is 14.7. The molecule has 2 heterocycles.